The highest BCUT2D eigenvalue weighted by atomic mass is 16.5. The summed E-state index contributed by atoms with van der Waals surface area (Å²) in [5.41, 5.74) is 1.35. The predicted molar refractivity (Wildman–Crippen MR) is 52.2 cm³/mol. The lowest BCUT2D eigenvalue weighted by atomic mass is 9.84. The third-order valence-electron chi connectivity index (χ3n) is 2.40. The maximum atomic E-state index is 5.82. The second-order valence-corrected chi connectivity index (χ2v) is 4.32. The fraction of sp³-hybridized carbons (Fsp3) is 0.818. The van der Waals surface area contributed by atoms with E-state index in [0.29, 0.717) is 6.10 Å². The maximum absolute atomic E-state index is 5.82. The van der Waals surface area contributed by atoms with E-state index in [9.17, 15) is 0 Å². The molecule has 1 aliphatic heterocycles. The molecule has 0 spiro atoms. The maximum Gasteiger partial charge on any atom is 0.0719 e. The predicted octanol–water partition coefficient (Wildman–Crippen LogP) is 3.30. The van der Waals surface area contributed by atoms with E-state index in [4.69, 9.17) is 4.74 Å². The number of ether oxygens (including phenoxy) is 1. The Morgan fingerprint density at radius 2 is 2.25 bits per heavy atom. The summed E-state index contributed by atoms with van der Waals surface area (Å²) in [6.45, 7) is 10.4. The fourth-order valence-electron chi connectivity index (χ4n) is 2.11. The van der Waals surface area contributed by atoms with E-state index in [0.717, 1.165) is 6.42 Å². The van der Waals surface area contributed by atoms with E-state index >= 15 is 0 Å². The van der Waals surface area contributed by atoms with Gasteiger partial charge >= 0.3 is 0 Å². The van der Waals surface area contributed by atoms with Crippen LogP contribution in [0.4, 0.5) is 0 Å². The molecule has 0 saturated carbocycles. The van der Waals surface area contributed by atoms with Crippen molar-refractivity contribution in [2.75, 3.05) is 0 Å². The first kappa shape index (κ1) is 9.79. The van der Waals surface area contributed by atoms with Crippen molar-refractivity contribution in [1.29, 1.82) is 0 Å². The molecular formula is C11H20O. The topological polar surface area (TPSA) is 9.23 Å². The molecule has 1 rings (SSSR count). The van der Waals surface area contributed by atoms with Gasteiger partial charge < -0.3 is 4.74 Å². The summed E-state index contributed by atoms with van der Waals surface area (Å²) >= 11 is 0. The Morgan fingerprint density at radius 1 is 1.67 bits per heavy atom. The molecule has 0 N–H and O–H groups in total. The van der Waals surface area contributed by atoms with Gasteiger partial charge in [-0.2, -0.15) is 0 Å². The van der Waals surface area contributed by atoms with Gasteiger partial charge in [0.05, 0.1) is 11.7 Å². The largest absolute Gasteiger partial charge is 0.372 e. The van der Waals surface area contributed by atoms with E-state index in [1.165, 1.54) is 24.8 Å². The van der Waals surface area contributed by atoms with E-state index in [1.54, 1.807) is 0 Å². The van der Waals surface area contributed by atoms with Crippen LogP contribution >= 0.6 is 0 Å². The normalized spacial score (nSPS) is 34.4. The van der Waals surface area contributed by atoms with E-state index < -0.39 is 0 Å². The first-order chi connectivity index (χ1) is 5.56. The van der Waals surface area contributed by atoms with Crippen molar-refractivity contribution in [2.24, 2.45) is 0 Å². The highest BCUT2D eigenvalue weighted by Gasteiger charge is 2.40. The van der Waals surface area contributed by atoms with Crippen molar-refractivity contribution in [3.8, 4) is 0 Å². The van der Waals surface area contributed by atoms with Crippen LogP contribution in [0.3, 0.4) is 0 Å². The molecule has 2 unspecified atom stereocenters. The average molecular weight is 168 g/mol. The third kappa shape index (κ3) is 2.34. The van der Waals surface area contributed by atoms with Crippen LogP contribution in [0.5, 0.6) is 0 Å². The lowest BCUT2D eigenvalue weighted by Crippen LogP contribution is -2.48. The Hall–Kier alpha value is -0.300. The Balaban J connectivity index is 2.25. The molecule has 0 radical (unpaired) electrons. The molecule has 1 nitrogen and oxygen atoms in total. The monoisotopic (exact) mass is 168 g/mol. The second kappa shape index (κ2) is 3.61. The minimum atomic E-state index is 0.117. The Kier molecular flexibility index (Phi) is 2.94. The Morgan fingerprint density at radius 3 is 2.67 bits per heavy atom. The number of hydrogen-bond donors (Lipinski definition) is 0. The molecule has 1 heterocycles. The van der Waals surface area contributed by atoms with Crippen molar-refractivity contribution >= 4 is 0 Å². The second-order valence-electron chi connectivity index (χ2n) is 4.32. The van der Waals surface area contributed by atoms with Crippen molar-refractivity contribution in [2.45, 2.75) is 58.2 Å². The van der Waals surface area contributed by atoms with Gasteiger partial charge in [-0.25, -0.2) is 0 Å². The van der Waals surface area contributed by atoms with E-state index in [-0.39, 0.29) is 5.60 Å². The molecule has 1 saturated heterocycles. The van der Waals surface area contributed by atoms with Crippen LogP contribution in [-0.4, -0.2) is 11.7 Å². The molecule has 0 aliphatic carbocycles. The highest BCUT2D eigenvalue weighted by Crippen LogP contribution is 2.38. The summed E-state index contributed by atoms with van der Waals surface area (Å²) in [6.07, 6.45) is 5.21. The van der Waals surface area contributed by atoms with Crippen molar-refractivity contribution in [3.63, 3.8) is 0 Å². The van der Waals surface area contributed by atoms with Crippen LogP contribution < -0.4 is 0 Å². The van der Waals surface area contributed by atoms with Crippen LogP contribution in [0.25, 0.3) is 0 Å². The quantitative estimate of drug-likeness (QED) is 0.585. The van der Waals surface area contributed by atoms with Gasteiger partial charge in [0.2, 0.25) is 0 Å². The summed E-state index contributed by atoms with van der Waals surface area (Å²) in [4.78, 5) is 0. The Labute approximate surface area is 75.8 Å². The smallest absolute Gasteiger partial charge is 0.0719 e. The van der Waals surface area contributed by atoms with Crippen LogP contribution in [0, 0.1) is 0 Å². The van der Waals surface area contributed by atoms with Crippen molar-refractivity contribution in [3.05, 3.63) is 12.2 Å². The van der Waals surface area contributed by atoms with Gasteiger partial charge in [-0.15, -0.1) is 6.58 Å². The summed E-state index contributed by atoms with van der Waals surface area (Å²) in [7, 11) is 0. The lowest BCUT2D eigenvalue weighted by Gasteiger charge is -2.46. The molecule has 0 aromatic carbocycles. The molecule has 70 valence electrons. The molecular weight excluding hydrogens is 148 g/mol. The summed E-state index contributed by atoms with van der Waals surface area (Å²) in [5.74, 6) is 0. The molecule has 1 aliphatic rings. The molecule has 0 aromatic heterocycles. The third-order valence-corrected chi connectivity index (χ3v) is 2.40. The van der Waals surface area contributed by atoms with Crippen LogP contribution in [0.15, 0.2) is 12.2 Å². The average Bonchev–Trinajstić information content (AvgIpc) is 1.82. The van der Waals surface area contributed by atoms with Gasteiger partial charge in [0.25, 0.3) is 0 Å². The minimum absolute atomic E-state index is 0.117. The minimum Gasteiger partial charge on any atom is -0.372 e. The van der Waals surface area contributed by atoms with Crippen LogP contribution in [0.1, 0.15) is 46.5 Å². The fourth-order valence-corrected chi connectivity index (χ4v) is 2.11. The first-order valence-electron chi connectivity index (χ1n) is 4.88. The lowest BCUT2D eigenvalue weighted by molar-refractivity contribution is -0.196. The molecule has 12 heavy (non-hydrogen) atoms. The van der Waals surface area contributed by atoms with Crippen molar-refractivity contribution in [1.82, 2.24) is 0 Å². The SMILES string of the molecule is C=C(C)CC1(C)CC(CCC)O1. The molecule has 0 aromatic rings. The summed E-state index contributed by atoms with van der Waals surface area (Å²) < 4.78 is 5.82. The molecule has 0 bridgehead atoms. The first-order valence-corrected chi connectivity index (χ1v) is 4.88. The highest BCUT2D eigenvalue weighted by molar-refractivity contribution is 5.01. The van der Waals surface area contributed by atoms with Gasteiger partial charge in [-0.1, -0.05) is 18.9 Å². The van der Waals surface area contributed by atoms with E-state index in [2.05, 4.69) is 27.4 Å². The standard InChI is InChI=1S/C11H20O/c1-5-6-10-8-11(4,12-10)7-9(2)3/h10H,2,5-8H2,1,3-4H3. The molecule has 2 atom stereocenters. The molecule has 0 amide bonds. The summed E-state index contributed by atoms with van der Waals surface area (Å²) in [5, 5.41) is 0. The van der Waals surface area contributed by atoms with Crippen LogP contribution in [0.2, 0.25) is 0 Å². The molecule has 1 fully saturated rings. The van der Waals surface area contributed by atoms with Gasteiger partial charge in [0.1, 0.15) is 0 Å². The zero-order chi connectivity index (χ0) is 9.19. The number of rotatable bonds is 4. The zero-order valence-electron chi connectivity index (χ0n) is 8.52. The Bertz CT molecular complexity index is 166. The van der Waals surface area contributed by atoms with Gasteiger partial charge in [0.15, 0.2) is 0 Å². The molecule has 1 heteroatoms. The summed E-state index contributed by atoms with van der Waals surface area (Å²) in [6, 6.07) is 0. The number of hydrogen-bond acceptors (Lipinski definition) is 1. The van der Waals surface area contributed by atoms with Gasteiger partial charge in [-0.05, 0) is 26.7 Å². The van der Waals surface area contributed by atoms with E-state index in [1.807, 2.05) is 0 Å². The van der Waals surface area contributed by atoms with Gasteiger partial charge in [0, 0.05) is 6.42 Å². The van der Waals surface area contributed by atoms with Crippen LogP contribution in [-0.2, 0) is 4.74 Å². The van der Waals surface area contributed by atoms with Crippen molar-refractivity contribution < 1.29 is 4.74 Å². The van der Waals surface area contributed by atoms with Gasteiger partial charge in [-0.3, -0.25) is 0 Å². The zero-order valence-corrected chi connectivity index (χ0v) is 8.52.